The number of nitrogens with one attached hydrogen (secondary N) is 1. The van der Waals surface area contributed by atoms with Gasteiger partial charge in [-0.2, -0.15) is 0 Å². The molecule has 0 bridgehead atoms. The van der Waals surface area contributed by atoms with Crippen LogP contribution in [0.5, 0.6) is 0 Å². The van der Waals surface area contributed by atoms with Gasteiger partial charge in [0.1, 0.15) is 0 Å². The molecule has 1 aromatic rings. The summed E-state index contributed by atoms with van der Waals surface area (Å²) in [6, 6.07) is 0.530. The lowest BCUT2D eigenvalue weighted by Gasteiger charge is -2.23. The Hall–Kier alpha value is -0.650. The summed E-state index contributed by atoms with van der Waals surface area (Å²) in [7, 11) is 4.27. The summed E-state index contributed by atoms with van der Waals surface area (Å²) in [5, 5.41) is 4.85. The fourth-order valence-electron chi connectivity index (χ4n) is 2.88. The van der Waals surface area contributed by atoms with E-state index in [1.165, 1.54) is 35.0 Å². The van der Waals surface area contributed by atoms with E-state index in [4.69, 9.17) is 4.98 Å². The molecule has 1 unspecified atom stereocenters. The molecule has 0 aliphatic heterocycles. The molecule has 1 aliphatic carbocycles. The second-order valence-corrected chi connectivity index (χ2v) is 7.11. The maximum Gasteiger partial charge on any atom is 0.185 e. The molecule has 1 aliphatic rings. The zero-order chi connectivity index (χ0) is 15.2. The van der Waals surface area contributed by atoms with E-state index < -0.39 is 0 Å². The molecule has 4 nitrogen and oxygen atoms in total. The molecular formula is C16H30N4S. The second kappa shape index (κ2) is 8.11. The van der Waals surface area contributed by atoms with Crippen LogP contribution >= 0.6 is 11.3 Å². The third-order valence-electron chi connectivity index (χ3n) is 3.97. The summed E-state index contributed by atoms with van der Waals surface area (Å²) < 4.78 is 0. The summed E-state index contributed by atoms with van der Waals surface area (Å²) in [6.07, 6.45) is 4.85. The number of hydrogen-bond donors (Lipinski definition) is 1. The lowest BCUT2D eigenvalue weighted by atomic mass is 9.98. The Kier molecular flexibility index (Phi) is 6.45. The van der Waals surface area contributed by atoms with Gasteiger partial charge in [0.25, 0.3) is 0 Å². The van der Waals surface area contributed by atoms with Crippen LogP contribution in [0.1, 0.15) is 49.7 Å². The van der Waals surface area contributed by atoms with E-state index in [0.717, 1.165) is 32.6 Å². The van der Waals surface area contributed by atoms with Gasteiger partial charge in [0.05, 0.1) is 5.69 Å². The molecule has 0 amide bonds. The monoisotopic (exact) mass is 310 g/mol. The predicted octanol–water partition coefficient (Wildman–Crippen LogP) is 2.91. The van der Waals surface area contributed by atoms with Gasteiger partial charge in [-0.15, -0.1) is 0 Å². The average molecular weight is 311 g/mol. The summed E-state index contributed by atoms with van der Waals surface area (Å²) in [4.78, 5) is 11.2. The van der Waals surface area contributed by atoms with Crippen LogP contribution in [0.25, 0.3) is 0 Å². The number of likely N-dealkylation sites (N-methyl/N-ethyl adjacent to an activating group) is 1. The molecule has 0 saturated carbocycles. The summed E-state index contributed by atoms with van der Waals surface area (Å²) in [6.45, 7) is 8.73. The molecular weight excluding hydrogens is 280 g/mol. The molecule has 120 valence electrons. The Balaban J connectivity index is 2.14. The van der Waals surface area contributed by atoms with Crippen LogP contribution in [0, 0.1) is 0 Å². The lowest BCUT2D eigenvalue weighted by molar-refractivity contribution is 0.413. The Labute approximate surface area is 133 Å². The van der Waals surface area contributed by atoms with Crippen LogP contribution in [-0.2, 0) is 6.42 Å². The molecule has 2 rings (SSSR count). The van der Waals surface area contributed by atoms with Crippen molar-refractivity contribution >= 4 is 16.5 Å². The van der Waals surface area contributed by atoms with E-state index in [1.54, 1.807) is 0 Å². The predicted molar refractivity (Wildman–Crippen MR) is 92.5 cm³/mol. The minimum Gasteiger partial charge on any atom is -0.347 e. The van der Waals surface area contributed by atoms with Crippen molar-refractivity contribution in [1.82, 2.24) is 15.2 Å². The molecule has 0 fully saturated rings. The van der Waals surface area contributed by atoms with Gasteiger partial charge in [-0.05, 0) is 46.3 Å². The minimum absolute atomic E-state index is 0.530. The molecule has 0 saturated heterocycles. The second-order valence-electron chi connectivity index (χ2n) is 6.10. The molecule has 21 heavy (non-hydrogen) atoms. The Morgan fingerprint density at radius 2 is 2.05 bits per heavy atom. The molecule has 5 heteroatoms. The van der Waals surface area contributed by atoms with Crippen molar-refractivity contribution in [3.05, 3.63) is 10.6 Å². The van der Waals surface area contributed by atoms with Gasteiger partial charge < -0.3 is 15.1 Å². The van der Waals surface area contributed by atoms with Crippen LogP contribution in [0.2, 0.25) is 0 Å². The first kappa shape index (κ1) is 16.7. The van der Waals surface area contributed by atoms with Gasteiger partial charge >= 0.3 is 0 Å². The Morgan fingerprint density at radius 3 is 2.71 bits per heavy atom. The first-order valence-electron chi connectivity index (χ1n) is 8.28. The van der Waals surface area contributed by atoms with Crippen LogP contribution in [0.15, 0.2) is 0 Å². The maximum absolute atomic E-state index is 4.97. The molecule has 1 heterocycles. The highest BCUT2D eigenvalue weighted by atomic mass is 32.1. The minimum atomic E-state index is 0.530. The molecule has 1 atom stereocenters. The standard InChI is InChI=1S/C16H30N4S/c1-5-10-20(12-11-19(3)4)16-18-14-9-7-8-13(17-6-2)15(14)21-16/h13,17H,5-12H2,1-4H3. The van der Waals surface area contributed by atoms with Crippen molar-refractivity contribution in [3.63, 3.8) is 0 Å². The molecule has 1 N–H and O–H groups in total. The molecule has 0 aromatic carbocycles. The first-order chi connectivity index (χ1) is 10.2. The van der Waals surface area contributed by atoms with Gasteiger partial charge in [-0.25, -0.2) is 4.98 Å². The largest absolute Gasteiger partial charge is 0.347 e. The molecule has 1 aromatic heterocycles. The number of anilines is 1. The van der Waals surface area contributed by atoms with Crippen LogP contribution in [0.4, 0.5) is 5.13 Å². The molecule has 0 spiro atoms. The van der Waals surface area contributed by atoms with Crippen molar-refractivity contribution in [2.75, 3.05) is 45.2 Å². The van der Waals surface area contributed by atoms with Crippen molar-refractivity contribution in [2.24, 2.45) is 0 Å². The van der Waals surface area contributed by atoms with Crippen LogP contribution < -0.4 is 10.2 Å². The number of thiazole rings is 1. The smallest absolute Gasteiger partial charge is 0.185 e. The van der Waals surface area contributed by atoms with E-state index in [2.05, 4.69) is 43.1 Å². The van der Waals surface area contributed by atoms with E-state index in [-0.39, 0.29) is 0 Å². The average Bonchev–Trinajstić information content (AvgIpc) is 2.88. The van der Waals surface area contributed by atoms with E-state index in [1.807, 2.05) is 11.3 Å². The number of rotatable bonds is 8. The van der Waals surface area contributed by atoms with Gasteiger partial charge in [0, 0.05) is 30.6 Å². The van der Waals surface area contributed by atoms with Crippen molar-refractivity contribution in [3.8, 4) is 0 Å². The maximum atomic E-state index is 4.97. The lowest BCUT2D eigenvalue weighted by Crippen LogP contribution is -2.32. The van der Waals surface area contributed by atoms with E-state index >= 15 is 0 Å². The van der Waals surface area contributed by atoms with Gasteiger partial charge in [-0.3, -0.25) is 0 Å². The van der Waals surface area contributed by atoms with Crippen LogP contribution in [0.3, 0.4) is 0 Å². The van der Waals surface area contributed by atoms with E-state index in [0.29, 0.717) is 6.04 Å². The van der Waals surface area contributed by atoms with Gasteiger partial charge in [0.2, 0.25) is 0 Å². The number of nitrogens with zero attached hydrogens (tertiary/aromatic N) is 3. The summed E-state index contributed by atoms with van der Waals surface area (Å²) in [5.74, 6) is 0. The zero-order valence-corrected chi connectivity index (χ0v) is 14.8. The zero-order valence-electron chi connectivity index (χ0n) is 14.0. The third-order valence-corrected chi connectivity index (χ3v) is 5.24. The highest BCUT2D eigenvalue weighted by Gasteiger charge is 2.25. The summed E-state index contributed by atoms with van der Waals surface area (Å²) in [5.41, 5.74) is 1.35. The number of fused-ring (bicyclic) bond motifs is 1. The Morgan fingerprint density at radius 1 is 1.24 bits per heavy atom. The number of hydrogen-bond acceptors (Lipinski definition) is 5. The molecule has 0 radical (unpaired) electrons. The van der Waals surface area contributed by atoms with E-state index in [9.17, 15) is 0 Å². The van der Waals surface area contributed by atoms with Crippen molar-refractivity contribution in [2.45, 2.75) is 45.6 Å². The fraction of sp³-hybridized carbons (Fsp3) is 0.812. The van der Waals surface area contributed by atoms with Crippen molar-refractivity contribution in [1.29, 1.82) is 0 Å². The number of aryl methyl sites for hydroxylation is 1. The topological polar surface area (TPSA) is 31.4 Å². The third kappa shape index (κ3) is 4.41. The van der Waals surface area contributed by atoms with Crippen molar-refractivity contribution < 1.29 is 0 Å². The SMILES string of the molecule is CCCN(CCN(C)C)c1nc2c(s1)C(NCC)CCC2. The summed E-state index contributed by atoms with van der Waals surface area (Å²) >= 11 is 1.92. The van der Waals surface area contributed by atoms with Crippen LogP contribution in [-0.4, -0.2) is 50.2 Å². The fourth-order valence-corrected chi connectivity index (χ4v) is 4.15. The van der Waals surface area contributed by atoms with Gasteiger partial charge in [-0.1, -0.05) is 25.2 Å². The highest BCUT2D eigenvalue weighted by Crippen LogP contribution is 2.37. The normalized spacial score (nSPS) is 18.0. The number of aromatic nitrogens is 1. The first-order valence-corrected chi connectivity index (χ1v) is 9.10. The van der Waals surface area contributed by atoms with Gasteiger partial charge in [0.15, 0.2) is 5.13 Å². The Bertz CT molecular complexity index is 430. The quantitative estimate of drug-likeness (QED) is 0.800. The highest BCUT2D eigenvalue weighted by molar-refractivity contribution is 7.15.